The Hall–Kier alpha value is -0.570. The minimum atomic E-state index is -0.198. The largest absolute Gasteiger partial charge is 0.370 e. The van der Waals surface area contributed by atoms with Crippen molar-refractivity contribution in [2.75, 3.05) is 13.1 Å². The highest BCUT2D eigenvalue weighted by molar-refractivity contribution is 5.73. The van der Waals surface area contributed by atoms with Gasteiger partial charge in [0.25, 0.3) is 0 Å². The summed E-state index contributed by atoms with van der Waals surface area (Å²) < 4.78 is 0. The van der Waals surface area contributed by atoms with Crippen molar-refractivity contribution in [2.45, 2.75) is 26.2 Å². The highest BCUT2D eigenvalue weighted by Crippen LogP contribution is 1.91. The maximum atomic E-state index is 10.2. The first-order valence-electron chi connectivity index (χ1n) is 3.76. The molecule has 3 nitrogen and oxygen atoms in total. The van der Waals surface area contributed by atoms with Gasteiger partial charge in [-0.05, 0) is 25.9 Å². The van der Waals surface area contributed by atoms with Gasteiger partial charge in [0.2, 0.25) is 5.91 Å². The number of nitrogens with one attached hydrogen (secondary N) is 1. The number of carbonyl (C=O) groups is 1. The smallest absolute Gasteiger partial charge is 0.217 e. The van der Waals surface area contributed by atoms with E-state index in [0.717, 1.165) is 25.9 Å². The minimum absolute atomic E-state index is 0. The summed E-state index contributed by atoms with van der Waals surface area (Å²) in [7, 11) is 0. The van der Waals surface area contributed by atoms with E-state index in [0.29, 0.717) is 6.42 Å². The van der Waals surface area contributed by atoms with E-state index in [9.17, 15) is 4.79 Å². The Morgan fingerprint density at radius 1 is 1.60 bits per heavy atom. The number of hydrogen-bond acceptors (Lipinski definition) is 2. The van der Waals surface area contributed by atoms with E-state index >= 15 is 0 Å². The molecule has 0 aliphatic carbocycles. The van der Waals surface area contributed by atoms with E-state index in [1.54, 1.807) is 0 Å². The van der Waals surface area contributed by atoms with Crippen LogP contribution in [0.15, 0.2) is 0 Å². The van der Waals surface area contributed by atoms with Gasteiger partial charge in [0, 0.05) is 9.27 Å². The zero-order valence-corrected chi connectivity index (χ0v) is 6.52. The van der Waals surface area contributed by atoms with Crippen molar-refractivity contribution in [1.29, 1.82) is 0 Å². The van der Waals surface area contributed by atoms with Crippen molar-refractivity contribution >= 4 is 5.91 Å². The van der Waals surface area contributed by atoms with Gasteiger partial charge in [-0.2, -0.15) is 0 Å². The minimum Gasteiger partial charge on any atom is -0.370 e. The molecule has 3 N–H and O–H groups in total. The molecule has 0 aliphatic rings. The van der Waals surface area contributed by atoms with Gasteiger partial charge in [-0.3, -0.25) is 4.79 Å². The van der Waals surface area contributed by atoms with Crippen LogP contribution < -0.4 is 11.1 Å². The van der Waals surface area contributed by atoms with Gasteiger partial charge in [0.15, 0.2) is 0 Å². The van der Waals surface area contributed by atoms with E-state index in [2.05, 4.69) is 12.2 Å². The van der Waals surface area contributed by atoms with Crippen LogP contribution >= 0.6 is 0 Å². The van der Waals surface area contributed by atoms with Crippen LogP contribution in [0.25, 0.3) is 0 Å². The molecule has 0 atom stereocenters. The molecule has 0 spiro atoms. The van der Waals surface area contributed by atoms with Crippen molar-refractivity contribution in [3.8, 4) is 0 Å². The molecule has 10 heavy (non-hydrogen) atoms. The molecule has 0 rings (SSSR count). The van der Waals surface area contributed by atoms with Gasteiger partial charge in [-0.1, -0.05) is 6.92 Å². The maximum absolute atomic E-state index is 10.2. The third-order valence-electron chi connectivity index (χ3n) is 1.28. The predicted octanol–water partition coefficient (Wildman–Crippen LogP) is 0.743. The predicted molar refractivity (Wildman–Crippen MR) is 45.8 cm³/mol. The van der Waals surface area contributed by atoms with E-state index in [1.165, 1.54) is 0 Å². The van der Waals surface area contributed by atoms with Crippen molar-refractivity contribution in [2.24, 2.45) is 5.73 Å². The van der Waals surface area contributed by atoms with Crippen LogP contribution in [0, 0.1) is 0 Å². The number of amides is 1. The molecule has 0 aromatic heterocycles. The van der Waals surface area contributed by atoms with E-state index in [-0.39, 0.29) is 8.76 Å². The summed E-state index contributed by atoms with van der Waals surface area (Å²) in [5.41, 5.74) is 4.95. The first-order chi connectivity index (χ1) is 4.77. The van der Waals surface area contributed by atoms with Crippen molar-refractivity contribution < 1.29 is 7.65 Å². The lowest BCUT2D eigenvalue weighted by molar-refractivity contribution is -0.118. The van der Waals surface area contributed by atoms with Crippen molar-refractivity contribution in [1.82, 2.24) is 5.32 Å². The van der Waals surface area contributed by atoms with E-state index in [1.807, 2.05) is 0 Å². The highest BCUT2D eigenvalue weighted by Gasteiger charge is 1.92. The second-order valence-electron chi connectivity index (χ2n) is 2.28. The van der Waals surface area contributed by atoms with Crippen LogP contribution in [-0.2, 0) is 4.79 Å². The Balaban J connectivity index is -0.000000405. The Morgan fingerprint density at radius 2 is 2.30 bits per heavy atom. The second kappa shape index (κ2) is 6.55. The Morgan fingerprint density at radius 3 is 2.80 bits per heavy atom. The zero-order valence-electron chi connectivity index (χ0n) is 6.52. The van der Waals surface area contributed by atoms with E-state index in [4.69, 9.17) is 5.73 Å². The summed E-state index contributed by atoms with van der Waals surface area (Å²) in [6.07, 6.45) is 2.46. The summed E-state index contributed by atoms with van der Waals surface area (Å²) in [5, 5.41) is 3.17. The fourth-order valence-electron chi connectivity index (χ4n) is 0.726. The molecule has 0 heterocycles. The van der Waals surface area contributed by atoms with Gasteiger partial charge in [-0.25, -0.2) is 0 Å². The molecule has 3 heteroatoms. The number of unbranched alkanes of at least 4 members (excludes halogenated alkanes) is 1. The molecule has 0 aromatic carbocycles. The monoisotopic (exact) mass is 148 g/mol. The SMILES string of the molecule is CCNCCCCC(N)=O.[HH].[HH]. The first kappa shape index (κ1) is 9.43. The Bertz CT molecular complexity index is 101. The number of nitrogens with two attached hydrogens (primary N) is 1. The summed E-state index contributed by atoms with van der Waals surface area (Å²) in [6.45, 7) is 4.05. The number of carbonyl (C=O) groups excluding carboxylic acids is 1. The summed E-state index contributed by atoms with van der Waals surface area (Å²) in [4.78, 5) is 10.2. The van der Waals surface area contributed by atoms with Crippen LogP contribution in [0.4, 0.5) is 0 Å². The quantitative estimate of drug-likeness (QED) is 0.546. The summed E-state index contributed by atoms with van der Waals surface area (Å²) in [5.74, 6) is -0.198. The lowest BCUT2D eigenvalue weighted by Crippen LogP contribution is -2.15. The van der Waals surface area contributed by atoms with Crippen molar-refractivity contribution in [3.63, 3.8) is 0 Å². The van der Waals surface area contributed by atoms with Crippen LogP contribution in [0.2, 0.25) is 0 Å². The highest BCUT2D eigenvalue weighted by atomic mass is 16.1. The van der Waals surface area contributed by atoms with Crippen molar-refractivity contribution in [3.05, 3.63) is 0 Å². The Kier molecular flexibility index (Phi) is 6.18. The second-order valence-corrected chi connectivity index (χ2v) is 2.28. The van der Waals surface area contributed by atoms with Crippen LogP contribution in [0.5, 0.6) is 0 Å². The molecule has 0 unspecified atom stereocenters. The summed E-state index contributed by atoms with van der Waals surface area (Å²) in [6, 6.07) is 0. The fraction of sp³-hybridized carbons (Fsp3) is 0.857. The van der Waals surface area contributed by atoms with Gasteiger partial charge >= 0.3 is 0 Å². The Labute approximate surface area is 64.9 Å². The topological polar surface area (TPSA) is 55.1 Å². The maximum Gasteiger partial charge on any atom is 0.217 e. The van der Waals surface area contributed by atoms with Gasteiger partial charge in [0.05, 0.1) is 0 Å². The molecule has 64 valence electrons. The third-order valence-corrected chi connectivity index (χ3v) is 1.28. The van der Waals surface area contributed by atoms with E-state index < -0.39 is 0 Å². The lowest BCUT2D eigenvalue weighted by atomic mass is 10.2. The van der Waals surface area contributed by atoms with Gasteiger partial charge < -0.3 is 11.1 Å². The zero-order chi connectivity index (χ0) is 7.82. The van der Waals surface area contributed by atoms with Crippen LogP contribution in [0.1, 0.15) is 29.0 Å². The molecule has 1 amide bonds. The third kappa shape index (κ3) is 7.43. The number of hydrogen-bond donors (Lipinski definition) is 2. The lowest BCUT2D eigenvalue weighted by Gasteiger charge is -1.98. The molecular weight excluding hydrogens is 128 g/mol. The molecular formula is C7H20N2O. The molecule has 0 fully saturated rings. The number of primary amides is 1. The molecule has 0 bridgehead atoms. The van der Waals surface area contributed by atoms with Gasteiger partial charge in [0.1, 0.15) is 0 Å². The summed E-state index contributed by atoms with van der Waals surface area (Å²) >= 11 is 0. The molecule has 0 saturated heterocycles. The van der Waals surface area contributed by atoms with Gasteiger partial charge in [-0.15, -0.1) is 0 Å². The average Bonchev–Trinajstić information content (AvgIpc) is 1.87. The molecule has 0 radical (unpaired) electrons. The van der Waals surface area contributed by atoms with Crippen LogP contribution in [-0.4, -0.2) is 19.0 Å². The molecule has 0 aromatic rings. The molecule has 0 saturated carbocycles. The molecule has 0 aliphatic heterocycles. The standard InChI is InChI=1S/C7H16N2O.2H2/c1-2-9-6-4-3-5-7(8)10;;/h9H,2-6H2,1H3,(H2,8,10);2*1H. The average molecular weight is 148 g/mol. The first-order valence-corrected chi connectivity index (χ1v) is 3.76. The van der Waals surface area contributed by atoms with Crippen LogP contribution in [0.3, 0.4) is 0 Å². The normalized spacial score (nSPS) is 9.70. The fourth-order valence-corrected chi connectivity index (χ4v) is 0.726. The number of rotatable bonds is 6.